The number of aryl methyl sites for hydroxylation is 2. The molecule has 5 rings (SSSR count). The minimum Gasteiger partial charge on any atom is -0.368 e. The molecule has 7 nitrogen and oxygen atoms in total. The number of piperazine rings is 1. The van der Waals surface area contributed by atoms with Gasteiger partial charge in [0, 0.05) is 43.5 Å². The van der Waals surface area contributed by atoms with E-state index in [-0.39, 0.29) is 16.8 Å². The van der Waals surface area contributed by atoms with Crippen LogP contribution in [0.1, 0.15) is 52.9 Å². The van der Waals surface area contributed by atoms with Gasteiger partial charge in [0.25, 0.3) is 5.91 Å². The van der Waals surface area contributed by atoms with Gasteiger partial charge >= 0.3 is 0 Å². The monoisotopic (exact) mass is 532 g/mol. The van der Waals surface area contributed by atoms with Crippen LogP contribution in [0.2, 0.25) is 0 Å². The van der Waals surface area contributed by atoms with Gasteiger partial charge in [-0.2, -0.15) is 0 Å². The SMILES string of the molecule is CCN1CCN(c2ccc(NC(=O)c3ccccc3C)cc2S(=O)(=O)N[C@H]2CCCc3ccccc32)CC1. The van der Waals surface area contributed by atoms with Crippen LogP contribution in [0.25, 0.3) is 0 Å². The van der Waals surface area contributed by atoms with Crippen molar-refractivity contribution in [2.45, 2.75) is 44.0 Å². The third-order valence-corrected chi connectivity index (χ3v) is 9.22. The molecular weight excluding hydrogens is 496 g/mol. The average molecular weight is 533 g/mol. The lowest BCUT2D eigenvalue weighted by molar-refractivity contribution is 0.102. The minimum atomic E-state index is -3.89. The molecule has 0 spiro atoms. The Morgan fingerprint density at radius 3 is 2.47 bits per heavy atom. The molecule has 2 aliphatic rings. The van der Waals surface area contributed by atoms with Gasteiger partial charge in [-0.25, -0.2) is 13.1 Å². The Balaban J connectivity index is 1.48. The van der Waals surface area contributed by atoms with E-state index in [4.69, 9.17) is 0 Å². The van der Waals surface area contributed by atoms with Gasteiger partial charge in [0.05, 0.1) is 5.69 Å². The number of anilines is 2. The molecule has 1 aliphatic carbocycles. The molecule has 0 saturated carbocycles. The maximum absolute atomic E-state index is 14.0. The fourth-order valence-electron chi connectivity index (χ4n) is 5.53. The van der Waals surface area contributed by atoms with E-state index < -0.39 is 10.0 Å². The zero-order chi connectivity index (χ0) is 26.7. The molecule has 0 unspecified atom stereocenters. The number of benzene rings is 3. The largest absolute Gasteiger partial charge is 0.368 e. The molecule has 8 heteroatoms. The van der Waals surface area contributed by atoms with Crippen LogP contribution in [0.5, 0.6) is 0 Å². The van der Waals surface area contributed by atoms with Crippen molar-refractivity contribution in [3.05, 3.63) is 89.0 Å². The molecular formula is C30H36N4O3S. The zero-order valence-electron chi connectivity index (χ0n) is 22.1. The van der Waals surface area contributed by atoms with Gasteiger partial charge in [-0.3, -0.25) is 4.79 Å². The van der Waals surface area contributed by atoms with E-state index in [1.165, 1.54) is 5.56 Å². The predicted octanol–water partition coefficient (Wildman–Crippen LogP) is 4.75. The average Bonchev–Trinajstić information content (AvgIpc) is 2.93. The summed E-state index contributed by atoms with van der Waals surface area (Å²) in [5.74, 6) is -0.259. The van der Waals surface area contributed by atoms with E-state index in [2.05, 4.69) is 32.8 Å². The van der Waals surface area contributed by atoms with Crippen LogP contribution in [0.4, 0.5) is 11.4 Å². The van der Waals surface area contributed by atoms with Crippen molar-refractivity contribution in [2.75, 3.05) is 42.9 Å². The molecule has 38 heavy (non-hydrogen) atoms. The maximum atomic E-state index is 14.0. The molecule has 1 saturated heterocycles. The summed E-state index contributed by atoms with van der Waals surface area (Å²) >= 11 is 0. The Morgan fingerprint density at radius 1 is 0.974 bits per heavy atom. The van der Waals surface area contributed by atoms with Gasteiger partial charge in [0.2, 0.25) is 10.0 Å². The highest BCUT2D eigenvalue weighted by Crippen LogP contribution is 2.34. The van der Waals surface area contributed by atoms with Crippen molar-refractivity contribution in [2.24, 2.45) is 0 Å². The standard InChI is InChI=1S/C30H36N4O3S/c1-3-33-17-19-34(20-18-33)28-16-15-24(31-30(35)25-12-6-4-9-22(25)2)21-29(28)38(36,37)32-27-14-8-11-23-10-5-7-13-26(23)27/h4-7,9-10,12-13,15-16,21,27,32H,3,8,11,14,17-20H2,1-2H3,(H,31,35)/t27-/m0/s1. The number of rotatable bonds is 7. The Morgan fingerprint density at radius 2 is 1.71 bits per heavy atom. The first-order chi connectivity index (χ1) is 18.4. The normalized spacial score (nSPS) is 18.2. The molecule has 0 radical (unpaired) electrons. The van der Waals surface area contributed by atoms with E-state index in [0.717, 1.165) is 63.1 Å². The number of nitrogens with zero attached hydrogens (tertiary/aromatic N) is 2. The van der Waals surface area contributed by atoms with Crippen LogP contribution in [-0.2, 0) is 16.4 Å². The third-order valence-electron chi connectivity index (χ3n) is 7.72. The fourth-order valence-corrected chi connectivity index (χ4v) is 7.03. The molecule has 3 aromatic carbocycles. The van der Waals surface area contributed by atoms with Gasteiger partial charge in [-0.1, -0.05) is 49.4 Å². The first-order valence-corrected chi connectivity index (χ1v) is 14.9. The van der Waals surface area contributed by atoms with E-state index in [9.17, 15) is 13.2 Å². The van der Waals surface area contributed by atoms with Crippen molar-refractivity contribution in [1.82, 2.24) is 9.62 Å². The second-order valence-corrected chi connectivity index (χ2v) is 11.8. The van der Waals surface area contributed by atoms with Crippen molar-refractivity contribution in [3.8, 4) is 0 Å². The third kappa shape index (κ3) is 5.62. The Bertz CT molecular complexity index is 1410. The van der Waals surface area contributed by atoms with E-state index in [1.807, 2.05) is 49.4 Å². The number of hydrogen-bond donors (Lipinski definition) is 2. The first-order valence-electron chi connectivity index (χ1n) is 13.4. The molecule has 1 heterocycles. The van der Waals surface area contributed by atoms with Crippen molar-refractivity contribution < 1.29 is 13.2 Å². The van der Waals surface area contributed by atoms with Crippen LogP contribution in [0.15, 0.2) is 71.6 Å². The predicted molar refractivity (Wildman–Crippen MR) is 152 cm³/mol. The van der Waals surface area contributed by atoms with E-state index in [1.54, 1.807) is 18.2 Å². The molecule has 0 bridgehead atoms. The van der Waals surface area contributed by atoms with Gasteiger partial charge in [-0.15, -0.1) is 0 Å². The summed E-state index contributed by atoms with van der Waals surface area (Å²) in [7, 11) is -3.89. The minimum absolute atomic E-state index is 0.202. The van der Waals surface area contributed by atoms with Gasteiger partial charge in [0.1, 0.15) is 4.90 Å². The number of amides is 1. The summed E-state index contributed by atoms with van der Waals surface area (Å²) in [4.78, 5) is 17.7. The summed E-state index contributed by atoms with van der Waals surface area (Å²) in [6.45, 7) is 8.26. The second-order valence-electron chi connectivity index (χ2n) is 10.1. The number of nitrogens with one attached hydrogen (secondary N) is 2. The Kier molecular flexibility index (Phi) is 7.83. The molecule has 1 atom stereocenters. The van der Waals surface area contributed by atoms with E-state index in [0.29, 0.717) is 16.9 Å². The number of carbonyl (C=O) groups excluding carboxylic acids is 1. The lowest BCUT2D eigenvalue weighted by atomic mass is 9.88. The number of likely N-dealkylation sites (N-methyl/N-ethyl adjacent to an activating group) is 1. The number of hydrogen-bond acceptors (Lipinski definition) is 5. The lowest BCUT2D eigenvalue weighted by Crippen LogP contribution is -2.46. The highest BCUT2D eigenvalue weighted by molar-refractivity contribution is 7.89. The van der Waals surface area contributed by atoms with Gasteiger partial charge < -0.3 is 15.1 Å². The number of sulfonamides is 1. The Labute approximate surface area is 225 Å². The summed E-state index contributed by atoms with van der Waals surface area (Å²) in [5, 5.41) is 2.92. The van der Waals surface area contributed by atoms with Crippen LogP contribution in [-0.4, -0.2) is 51.9 Å². The quantitative estimate of drug-likeness (QED) is 0.459. The Hall–Kier alpha value is -3.20. The van der Waals surface area contributed by atoms with Crippen molar-refractivity contribution in [1.29, 1.82) is 0 Å². The van der Waals surface area contributed by atoms with Crippen molar-refractivity contribution in [3.63, 3.8) is 0 Å². The zero-order valence-corrected chi connectivity index (χ0v) is 22.9. The smallest absolute Gasteiger partial charge is 0.255 e. The van der Waals surface area contributed by atoms with Crippen molar-refractivity contribution >= 4 is 27.3 Å². The lowest BCUT2D eigenvalue weighted by Gasteiger charge is -2.36. The van der Waals surface area contributed by atoms with Gasteiger partial charge in [-0.05, 0) is 73.7 Å². The molecule has 2 N–H and O–H groups in total. The molecule has 200 valence electrons. The number of carbonyl (C=O) groups is 1. The van der Waals surface area contributed by atoms with Crippen LogP contribution < -0.4 is 14.9 Å². The second kappa shape index (κ2) is 11.3. The first kappa shape index (κ1) is 26.4. The summed E-state index contributed by atoms with van der Waals surface area (Å²) in [6, 6.07) is 20.4. The highest BCUT2D eigenvalue weighted by atomic mass is 32.2. The molecule has 1 fully saturated rings. The molecule has 1 amide bonds. The highest BCUT2D eigenvalue weighted by Gasteiger charge is 2.30. The topological polar surface area (TPSA) is 81.8 Å². The van der Waals surface area contributed by atoms with Crippen LogP contribution in [0, 0.1) is 6.92 Å². The summed E-state index contributed by atoms with van der Waals surface area (Å²) < 4.78 is 31.0. The van der Waals surface area contributed by atoms with Crippen LogP contribution >= 0.6 is 0 Å². The maximum Gasteiger partial charge on any atom is 0.255 e. The van der Waals surface area contributed by atoms with Gasteiger partial charge in [0.15, 0.2) is 0 Å². The fraction of sp³-hybridized carbons (Fsp3) is 0.367. The summed E-state index contributed by atoms with van der Waals surface area (Å²) in [6.07, 6.45) is 2.65. The summed E-state index contributed by atoms with van der Waals surface area (Å²) in [5.41, 5.74) is 4.80. The van der Waals surface area contributed by atoms with Crippen LogP contribution in [0.3, 0.4) is 0 Å². The number of fused-ring (bicyclic) bond motifs is 1. The van der Waals surface area contributed by atoms with E-state index >= 15 is 0 Å². The molecule has 1 aliphatic heterocycles. The molecule has 0 aromatic heterocycles. The molecule has 3 aromatic rings.